The zero-order valence-corrected chi connectivity index (χ0v) is 15.4. The molecule has 0 N–H and O–H groups in total. The lowest BCUT2D eigenvalue weighted by Crippen LogP contribution is -2.51. The van der Waals surface area contributed by atoms with Crippen LogP contribution in [0.5, 0.6) is 0 Å². The van der Waals surface area contributed by atoms with Gasteiger partial charge in [-0.3, -0.25) is 19.1 Å². The van der Waals surface area contributed by atoms with Gasteiger partial charge in [-0.1, -0.05) is 42.1 Å². The van der Waals surface area contributed by atoms with E-state index in [0.29, 0.717) is 17.5 Å². The highest BCUT2D eigenvalue weighted by atomic mass is 32.2. The van der Waals surface area contributed by atoms with Crippen molar-refractivity contribution in [1.82, 2.24) is 19.4 Å². The van der Waals surface area contributed by atoms with Crippen molar-refractivity contribution >= 4 is 17.7 Å². The van der Waals surface area contributed by atoms with Crippen molar-refractivity contribution in [1.29, 1.82) is 0 Å². The van der Waals surface area contributed by atoms with Crippen LogP contribution in [-0.4, -0.2) is 57.2 Å². The monoisotopic (exact) mass is 370 g/mol. The molecule has 7 heteroatoms. The lowest BCUT2D eigenvalue weighted by Gasteiger charge is -2.37. The number of nitrogens with zero attached hydrogens (tertiary/aromatic N) is 4. The van der Waals surface area contributed by atoms with Gasteiger partial charge in [-0.25, -0.2) is 4.98 Å². The quantitative estimate of drug-likeness (QED) is 0.763. The van der Waals surface area contributed by atoms with Crippen LogP contribution in [0.15, 0.2) is 52.5 Å². The van der Waals surface area contributed by atoms with Crippen molar-refractivity contribution in [3.63, 3.8) is 0 Å². The van der Waals surface area contributed by atoms with Crippen molar-refractivity contribution in [2.45, 2.75) is 18.2 Å². The largest absolute Gasteiger partial charge is 0.340 e. The molecule has 0 saturated carbocycles. The first kappa shape index (κ1) is 17.3. The molecule has 1 unspecified atom stereocenters. The number of carbonyl (C=O) groups excluding carboxylic acids is 1. The summed E-state index contributed by atoms with van der Waals surface area (Å²) >= 11 is 1.50. The fourth-order valence-corrected chi connectivity index (χ4v) is 4.58. The molecule has 0 aliphatic carbocycles. The second-order valence-corrected chi connectivity index (χ2v) is 7.76. The van der Waals surface area contributed by atoms with Crippen LogP contribution in [0.2, 0.25) is 0 Å². The molecule has 2 aliphatic heterocycles. The Balaban J connectivity index is 1.34. The SMILES string of the molecule is O=C(C1CSc2nccc(=O)n2C1)N1CCN(Cc2ccccc2)CC1. The Kier molecular flexibility index (Phi) is 5.08. The molecule has 0 bridgehead atoms. The lowest BCUT2D eigenvalue weighted by atomic mass is 10.1. The number of piperazine rings is 1. The molecule has 6 nitrogen and oxygen atoms in total. The van der Waals surface area contributed by atoms with Crippen LogP contribution in [0.1, 0.15) is 5.56 Å². The van der Waals surface area contributed by atoms with Crippen molar-refractivity contribution < 1.29 is 4.79 Å². The fourth-order valence-electron chi connectivity index (χ4n) is 3.53. The summed E-state index contributed by atoms with van der Waals surface area (Å²) in [7, 11) is 0. The maximum absolute atomic E-state index is 12.9. The number of carbonyl (C=O) groups is 1. The number of hydrogen-bond donors (Lipinski definition) is 0. The first-order valence-corrected chi connectivity index (χ1v) is 9.93. The van der Waals surface area contributed by atoms with Crippen LogP contribution in [0.25, 0.3) is 0 Å². The van der Waals surface area contributed by atoms with E-state index in [9.17, 15) is 9.59 Å². The van der Waals surface area contributed by atoms with Gasteiger partial charge in [-0.2, -0.15) is 0 Å². The third-order valence-electron chi connectivity index (χ3n) is 5.00. The Morgan fingerprint density at radius 2 is 1.88 bits per heavy atom. The zero-order chi connectivity index (χ0) is 17.9. The molecule has 1 saturated heterocycles. The van der Waals surface area contributed by atoms with E-state index in [4.69, 9.17) is 0 Å². The first-order chi connectivity index (χ1) is 12.7. The van der Waals surface area contributed by atoms with E-state index < -0.39 is 0 Å². The van der Waals surface area contributed by atoms with E-state index in [0.717, 1.165) is 32.7 Å². The first-order valence-electron chi connectivity index (χ1n) is 8.94. The topological polar surface area (TPSA) is 58.4 Å². The van der Waals surface area contributed by atoms with Gasteiger partial charge in [-0.15, -0.1) is 0 Å². The zero-order valence-electron chi connectivity index (χ0n) is 14.6. The second-order valence-electron chi connectivity index (χ2n) is 6.77. The van der Waals surface area contributed by atoms with Gasteiger partial charge >= 0.3 is 0 Å². The van der Waals surface area contributed by atoms with Crippen LogP contribution in [-0.2, 0) is 17.9 Å². The third-order valence-corrected chi connectivity index (χ3v) is 6.15. The van der Waals surface area contributed by atoms with Crippen LogP contribution in [0.3, 0.4) is 0 Å². The Labute approximate surface area is 156 Å². The van der Waals surface area contributed by atoms with Gasteiger partial charge in [0.15, 0.2) is 5.16 Å². The predicted octanol–water partition coefficient (Wildman–Crippen LogP) is 1.31. The number of aromatic nitrogens is 2. The molecule has 1 fully saturated rings. The molecule has 1 aromatic carbocycles. The molecular weight excluding hydrogens is 348 g/mol. The van der Waals surface area contributed by atoms with Crippen LogP contribution < -0.4 is 5.56 Å². The molecule has 2 aliphatic rings. The highest BCUT2D eigenvalue weighted by Crippen LogP contribution is 2.26. The average Bonchev–Trinajstić information content (AvgIpc) is 2.69. The number of rotatable bonds is 3. The molecule has 1 amide bonds. The van der Waals surface area contributed by atoms with Crippen molar-refractivity contribution in [2.24, 2.45) is 5.92 Å². The number of thioether (sulfide) groups is 1. The van der Waals surface area contributed by atoms with E-state index in [1.807, 2.05) is 11.0 Å². The summed E-state index contributed by atoms with van der Waals surface area (Å²) in [4.78, 5) is 33.5. The Morgan fingerprint density at radius 1 is 1.12 bits per heavy atom. The lowest BCUT2D eigenvalue weighted by molar-refractivity contribution is -0.137. The molecule has 4 rings (SSSR count). The summed E-state index contributed by atoms with van der Waals surface area (Å²) < 4.78 is 1.63. The van der Waals surface area contributed by atoms with Crippen LogP contribution >= 0.6 is 11.8 Å². The standard InChI is InChI=1S/C19H22N4O2S/c24-17-6-7-20-19-23(17)13-16(14-26-19)18(25)22-10-8-21(9-11-22)12-15-4-2-1-3-5-15/h1-7,16H,8-14H2. The van der Waals surface area contributed by atoms with E-state index in [2.05, 4.69) is 34.1 Å². The molecule has 1 aromatic heterocycles. The van der Waals surface area contributed by atoms with E-state index in [-0.39, 0.29) is 17.4 Å². The van der Waals surface area contributed by atoms with Gasteiger partial charge in [0.1, 0.15) is 0 Å². The van der Waals surface area contributed by atoms with Gasteiger partial charge in [0, 0.05) is 57.3 Å². The summed E-state index contributed by atoms with van der Waals surface area (Å²) in [5, 5.41) is 0.717. The molecular formula is C19H22N4O2S. The van der Waals surface area contributed by atoms with E-state index >= 15 is 0 Å². The smallest absolute Gasteiger partial charge is 0.254 e. The fraction of sp³-hybridized carbons (Fsp3) is 0.421. The summed E-state index contributed by atoms with van der Waals surface area (Å²) in [6.45, 7) is 4.65. The Bertz CT molecular complexity index is 831. The number of fused-ring (bicyclic) bond motifs is 1. The highest BCUT2D eigenvalue weighted by molar-refractivity contribution is 7.99. The van der Waals surface area contributed by atoms with Gasteiger partial charge in [0.25, 0.3) is 5.56 Å². The van der Waals surface area contributed by atoms with Gasteiger partial charge < -0.3 is 4.90 Å². The Hall–Kier alpha value is -2.12. The van der Waals surface area contributed by atoms with Gasteiger partial charge in [-0.05, 0) is 5.56 Å². The maximum atomic E-state index is 12.9. The number of hydrogen-bond acceptors (Lipinski definition) is 5. The van der Waals surface area contributed by atoms with Crippen molar-refractivity contribution in [2.75, 3.05) is 31.9 Å². The average molecular weight is 370 g/mol. The predicted molar refractivity (Wildman–Crippen MR) is 101 cm³/mol. The highest BCUT2D eigenvalue weighted by Gasteiger charge is 2.31. The van der Waals surface area contributed by atoms with Gasteiger partial charge in [0.2, 0.25) is 5.91 Å². The van der Waals surface area contributed by atoms with Crippen LogP contribution in [0.4, 0.5) is 0 Å². The molecule has 26 heavy (non-hydrogen) atoms. The molecule has 2 aromatic rings. The molecule has 136 valence electrons. The summed E-state index contributed by atoms with van der Waals surface area (Å²) in [6.07, 6.45) is 1.54. The Morgan fingerprint density at radius 3 is 2.65 bits per heavy atom. The summed E-state index contributed by atoms with van der Waals surface area (Å²) in [6, 6.07) is 11.9. The van der Waals surface area contributed by atoms with Crippen LogP contribution in [0, 0.1) is 5.92 Å². The van der Waals surface area contributed by atoms with Crippen molar-refractivity contribution in [3.05, 3.63) is 58.5 Å². The maximum Gasteiger partial charge on any atom is 0.254 e. The van der Waals surface area contributed by atoms with Crippen molar-refractivity contribution in [3.8, 4) is 0 Å². The number of benzene rings is 1. The second kappa shape index (κ2) is 7.63. The minimum absolute atomic E-state index is 0.0762. The third kappa shape index (κ3) is 3.68. The van der Waals surface area contributed by atoms with E-state index in [1.54, 1.807) is 4.57 Å². The molecule has 0 spiro atoms. The molecule has 0 radical (unpaired) electrons. The minimum Gasteiger partial charge on any atom is -0.340 e. The minimum atomic E-state index is -0.143. The van der Waals surface area contributed by atoms with Gasteiger partial charge in [0.05, 0.1) is 5.92 Å². The number of amides is 1. The molecule has 3 heterocycles. The molecule has 1 atom stereocenters. The van der Waals surface area contributed by atoms with E-state index in [1.165, 1.54) is 29.6 Å². The summed E-state index contributed by atoms with van der Waals surface area (Å²) in [5.74, 6) is 0.716. The summed E-state index contributed by atoms with van der Waals surface area (Å²) in [5.41, 5.74) is 1.23. The normalized spacial score (nSPS) is 20.6.